The zero-order chi connectivity index (χ0) is 12.1. The van der Waals surface area contributed by atoms with Crippen molar-refractivity contribution in [1.82, 2.24) is 10.2 Å². The first kappa shape index (κ1) is 12.9. The third-order valence-corrected chi connectivity index (χ3v) is 4.61. The molecule has 2 heteroatoms. The first-order valence-electron chi connectivity index (χ1n) is 7.19. The summed E-state index contributed by atoms with van der Waals surface area (Å²) in [6.45, 7) is 6.67. The lowest BCUT2D eigenvalue weighted by molar-refractivity contribution is 0.0621. The number of hydrogen-bond donors (Lipinski definition) is 1. The van der Waals surface area contributed by atoms with Gasteiger partial charge in [0.2, 0.25) is 0 Å². The molecule has 2 rings (SSSR count). The van der Waals surface area contributed by atoms with Crippen LogP contribution in [0.3, 0.4) is 0 Å². The Hall–Kier alpha value is -0.520. The summed E-state index contributed by atoms with van der Waals surface area (Å²) in [7, 11) is 0. The average molecular weight is 234 g/mol. The van der Waals surface area contributed by atoms with Gasteiger partial charge >= 0.3 is 0 Å². The maximum Gasteiger partial charge on any atom is 0.0574 e. The zero-order valence-electron chi connectivity index (χ0n) is 11.1. The number of fused-ring (bicyclic) bond motifs is 1. The van der Waals surface area contributed by atoms with E-state index in [1.807, 2.05) is 0 Å². The molecule has 1 aliphatic heterocycles. The topological polar surface area (TPSA) is 15.3 Å². The van der Waals surface area contributed by atoms with Crippen molar-refractivity contribution in [3.05, 3.63) is 0 Å². The Morgan fingerprint density at radius 1 is 1.29 bits per heavy atom. The number of piperidine rings is 1. The highest BCUT2D eigenvalue weighted by Gasteiger charge is 2.32. The highest BCUT2D eigenvalue weighted by molar-refractivity contribution is 4.89. The van der Waals surface area contributed by atoms with Crippen LogP contribution in [-0.2, 0) is 0 Å². The second kappa shape index (κ2) is 6.42. The Kier molecular flexibility index (Phi) is 4.88. The van der Waals surface area contributed by atoms with E-state index in [1.54, 1.807) is 0 Å². The normalized spacial score (nSPS) is 31.5. The van der Waals surface area contributed by atoms with Crippen molar-refractivity contribution < 1.29 is 0 Å². The molecule has 0 aromatic rings. The largest absolute Gasteiger partial charge is 0.305 e. The van der Waals surface area contributed by atoms with Gasteiger partial charge in [0.25, 0.3) is 0 Å². The minimum atomic E-state index is 0.631. The fourth-order valence-electron chi connectivity index (χ4n) is 3.51. The van der Waals surface area contributed by atoms with Gasteiger partial charge in [-0.2, -0.15) is 0 Å². The molecule has 0 radical (unpaired) electrons. The number of nitrogens with zero attached hydrogens (tertiary/aromatic N) is 1. The van der Waals surface area contributed by atoms with E-state index in [4.69, 9.17) is 6.42 Å². The van der Waals surface area contributed by atoms with Crippen LogP contribution >= 0.6 is 0 Å². The monoisotopic (exact) mass is 234 g/mol. The van der Waals surface area contributed by atoms with Gasteiger partial charge in [0.05, 0.1) is 6.54 Å². The summed E-state index contributed by atoms with van der Waals surface area (Å²) in [5, 5.41) is 3.33. The number of hydrogen-bond acceptors (Lipinski definition) is 2. The van der Waals surface area contributed by atoms with Crippen LogP contribution < -0.4 is 5.32 Å². The van der Waals surface area contributed by atoms with Crippen LogP contribution in [0.4, 0.5) is 0 Å². The molecule has 0 aromatic carbocycles. The third kappa shape index (κ3) is 3.47. The lowest BCUT2D eigenvalue weighted by atomic mass is 9.75. The molecule has 2 nitrogen and oxygen atoms in total. The van der Waals surface area contributed by atoms with E-state index in [2.05, 4.69) is 23.1 Å². The van der Waals surface area contributed by atoms with E-state index in [1.165, 1.54) is 45.2 Å². The zero-order valence-corrected chi connectivity index (χ0v) is 11.1. The molecule has 1 N–H and O–H groups in total. The molecule has 0 spiro atoms. The van der Waals surface area contributed by atoms with Crippen molar-refractivity contribution in [2.45, 2.75) is 45.1 Å². The van der Waals surface area contributed by atoms with E-state index in [-0.39, 0.29) is 0 Å². The Balaban J connectivity index is 1.76. The summed E-state index contributed by atoms with van der Waals surface area (Å²) in [5.41, 5.74) is 0. The summed E-state index contributed by atoms with van der Waals surface area (Å²) in [5.74, 6) is 4.65. The Morgan fingerprint density at radius 3 is 2.82 bits per heavy atom. The van der Waals surface area contributed by atoms with Gasteiger partial charge in [-0.3, -0.25) is 4.90 Å². The molecular formula is C15H26N2. The van der Waals surface area contributed by atoms with Gasteiger partial charge in [-0.15, -0.1) is 6.42 Å². The van der Waals surface area contributed by atoms with Crippen LogP contribution in [0.1, 0.15) is 39.0 Å². The molecular weight excluding hydrogens is 208 g/mol. The summed E-state index contributed by atoms with van der Waals surface area (Å²) in [6.07, 6.45) is 12.6. The van der Waals surface area contributed by atoms with E-state index in [9.17, 15) is 0 Å². The Labute approximate surface area is 106 Å². The smallest absolute Gasteiger partial charge is 0.0574 e. The number of rotatable bonds is 4. The van der Waals surface area contributed by atoms with Gasteiger partial charge in [0.15, 0.2) is 0 Å². The molecule has 0 bridgehead atoms. The lowest BCUT2D eigenvalue weighted by Gasteiger charge is -2.43. The van der Waals surface area contributed by atoms with Crippen molar-refractivity contribution in [1.29, 1.82) is 0 Å². The predicted octanol–water partition coefficient (Wildman–Crippen LogP) is 2.11. The van der Waals surface area contributed by atoms with Crippen molar-refractivity contribution >= 4 is 0 Å². The van der Waals surface area contributed by atoms with Crippen LogP contribution in [0.5, 0.6) is 0 Å². The van der Waals surface area contributed by atoms with E-state index >= 15 is 0 Å². The van der Waals surface area contributed by atoms with Gasteiger partial charge in [-0.25, -0.2) is 0 Å². The first-order chi connectivity index (χ1) is 8.31. The maximum absolute atomic E-state index is 5.25. The van der Waals surface area contributed by atoms with Crippen molar-refractivity contribution in [3.8, 4) is 12.3 Å². The molecule has 1 heterocycles. The average Bonchev–Trinajstić information content (AvgIpc) is 2.38. The minimum absolute atomic E-state index is 0.631. The fraction of sp³-hybridized carbons (Fsp3) is 0.867. The summed E-state index contributed by atoms with van der Waals surface area (Å²) < 4.78 is 0. The number of terminal acetylenes is 1. The SMILES string of the molecule is C#CCNCC(C)N1CCC2CCCCC2C1. The summed E-state index contributed by atoms with van der Waals surface area (Å²) >= 11 is 0. The standard InChI is InChI=1S/C15H26N2/c1-3-9-16-11-13(2)17-10-8-14-6-4-5-7-15(14)12-17/h1,13-16H,4-12H2,2H3. The first-order valence-corrected chi connectivity index (χ1v) is 7.19. The molecule has 17 heavy (non-hydrogen) atoms. The number of likely N-dealkylation sites (tertiary alicyclic amines) is 1. The van der Waals surface area contributed by atoms with Gasteiger partial charge in [-0.05, 0) is 38.1 Å². The predicted molar refractivity (Wildman–Crippen MR) is 72.8 cm³/mol. The molecule has 2 fully saturated rings. The van der Waals surface area contributed by atoms with Crippen molar-refractivity contribution in [2.24, 2.45) is 11.8 Å². The van der Waals surface area contributed by atoms with Crippen molar-refractivity contribution in [3.63, 3.8) is 0 Å². The van der Waals surface area contributed by atoms with E-state index < -0.39 is 0 Å². The molecule has 3 atom stereocenters. The number of nitrogens with one attached hydrogen (secondary N) is 1. The van der Waals surface area contributed by atoms with Crippen LogP contribution in [0.25, 0.3) is 0 Å². The van der Waals surface area contributed by atoms with Crippen LogP contribution in [0, 0.1) is 24.2 Å². The molecule has 1 saturated heterocycles. The summed E-state index contributed by atoms with van der Waals surface area (Å²) in [4.78, 5) is 2.66. The van der Waals surface area contributed by atoms with Gasteiger partial charge in [0.1, 0.15) is 0 Å². The minimum Gasteiger partial charge on any atom is -0.305 e. The second-order valence-electron chi connectivity index (χ2n) is 5.77. The van der Waals surface area contributed by atoms with Crippen LogP contribution in [-0.4, -0.2) is 37.1 Å². The molecule has 1 saturated carbocycles. The molecule has 96 valence electrons. The van der Waals surface area contributed by atoms with E-state index in [0.29, 0.717) is 12.6 Å². The quantitative estimate of drug-likeness (QED) is 0.592. The molecule has 0 amide bonds. The van der Waals surface area contributed by atoms with Gasteiger partial charge in [-0.1, -0.05) is 25.2 Å². The second-order valence-corrected chi connectivity index (χ2v) is 5.77. The highest BCUT2D eigenvalue weighted by Crippen LogP contribution is 2.36. The summed E-state index contributed by atoms with van der Waals surface area (Å²) in [6, 6.07) is 0.631. The van der Waals surface area contributed by atoms with Crippen molar-refractivity contribution in [2.75, 3.05) is 26.2 Å². The Bertz CT molecular complexity index is 269. The van der Waals surface area contributed by atoms with Crippen LogP contribution in [0.2, 0.25) is 0 Å². The molecule has 3 unspecified atom stereocenters. The van der Waals surface area contributed by atoms with Gasteiger partial charge < -0.3 is 5.32 Å². The van der Waals surface area contributed by atoms with Gasteiger partial charge in [0, 0.05) is 19.1 Å². The molecule has 0 aromatic heterocycles. The lowest BCUT2D eigenvalue weighted by Crippen LogP contribution is -2.48. The van der Waals surface area contributed by atoms with Crippen LogP contribution in [0.15, 0.2) is 0 Å². The molecule has 2 aliphatic rings. The van der Waals surface area contributed by atoms with E-state index in [0.717, 1.165) is 18.4 Å². The maximum atomic E-state index is 5.25. The Morgan fingerprint density at radius 2 is 2.06 bits per heavy atom. The fourth-order valence-corrected chi connectivity index (χ4v) is 3.51. The third-order valence-electron chi connectivity index (χ3n) is 4.61. The molecule has 1 aliphatic carbocycles. The highest BCUT2D eigenvalue weighted by atomic mass is 15.2.